The molecule has 2 aromatic rings. The van der Waals surface area contributed by atoms with Gasteiger partial charge < -0.3 is 4.57 Å². The Bertz CT molecular complexity index is 736. The average Bonchev–Trinajstić information content (AvgIpc) is 2.52. The number of halogens is 1. The fourth-order valence-corrected chi connectivity index (χ4v) is 2.17. The van der Waals surface area contributed by atoms with Crippen molar-refractivity contribution >= 4 is 27.5 Å². The summed E-state index contributed by atoms with van der Waals surface area (Å²) in [5.74, 6) is -0.337. The molecule has 0 spiro atoms. The third-order valence-electron chi connectivity index (χ3n) is 3.04. The second kappa shape index (κ2) is 7.70. The highest BCUT2D eigenvalue weighted by Gasteiger charge is 2.05. The summed E-state index contributed by atoms with van der Waals surface area (Å²) in [4.78, 5) is 23.4. The van der Waals surface area contributed by atoms with Gasteiger partial charge in [-0.3, -0.25) is 9.59 Å². The molecule has 22 heavy (non-hydrogen) atoms. The van der Waals surface area contributed by atoms with Crippen molar-refractivity contribution in [1.82, 2.24) is 9.99 Å². The number of aromatic nitrogens is 1. The lowest BCUT2D eigenvalue weighted by atomic mass is 10.1. The highest BCUT2D eigenvalue weighted by molar-refractivity contribution is 9.10. The van der Waals surface area contributed by atoms with E-state index in [1.165, 1.54) is 10.6 Å². The van der Waals surface area contributed by atoms with E-state index in [0.717, 1.165) is 15.7 Å². The van der Waals surface area contributed by atoms with Crippen LogP contribution < -0.4 is 11.0 Å². The number of nitrogens with zero attached hydrogens (tertiary/aromatic N) is 2. The molecular weight excluding hydrogens is 346 g/mol. The molecule has 0 saturated carbocycles. The number of rotatable bonds is 5. The summed E-state index contributed by atoms with van der Waals surface area (Å²) in [6.07, 6.45) is 2.26. The van der Waals surface area contributed by atoms with E-state index in [9.17, 15) is 9.59 Å². The molecule has 0 bridgehead atoms. The molecule has 114 valence electrons. The Morgan fingerprint density at radius 2 is 1.95 bits per heavy atom. The molecule has 0 aliphatic carbocycles. The van der Waals surface area contributed by atoms with Gasteiger partial charge in [-0.05, 0) is 30.2 Å². The standard InChI is InChI=1S/C16H16BrN3O2/c1-2-14(12-6-8-13(17)9-7-12)18-19-15(21)11-20-10-4-3-5-16(20)22/h3-10H,2,11H2,1H3,(H,19,21)/b18-14-. The number of amides is 1. The maximum absolute atomic E-state index is 11.9. The molecule has 1 aromatic heterocycles. The highest BCUT2D eigenvalue weighted by Crippen LogP contribution is 2.12. The molecule has 0 aliphatic heterocycles. The Kier molecular flexibility index (Phi) is 5.66. The minimum atomic E-state index is -0.337. The monoisotopic (exact) mass is 361 g/mol. The van der Waals surface area contributed by atoms with Crippen LogP contribution in [0.3, 0.4) is 0 Å². The van der Waals surface area contributed by atoms with Crippen molar-refractivity contribution in [2.75, 3.05) is 0 Å². The summed E-state index contributed by atoms with van der Waals surface area (Å²) < 4.78 is 2.31. The maximum Gasteiger partial charge on any atom is 0.260 e. The van der Waals surface area contributed by atoms with E-state index in [4.69, 9.17) is 0 Å². The first-order chi connectivity index (χ1) is 10.6. The van der Waals surface area contributed by atoms with Crippen molar-refractivity contribution in [1.29, 1.82) is 0 Å². The molecule has 1 heterocycles. The number of carbonyl (C=O) groups excluding carboxylic acids is 1. The lowest BCUT2D eigenvalue weighted by Gasteiger charge is -2.06. The van der Waals surface area contributed by atoms with Gasteiger partial charge in [-0.2, -0.15) is 5.10 Å². The van der Waals surface area contributed by atoms with Gasteiger partial charge >= 0.3 is 0 Å². The van der Waals surface area contributed by atoms with Gasteiger partial charge in [0.05, 0.1) is 5.71 Å². The largest absolute Gasteiger partial charge is 0.306 e. The van der Waals surface area contributed by atoms with Crippen LogP contribution in [0, 0.1) is 0 Å². The second-order valence-corrected chi connectivity index (χ2v) is 5.54. The van der Waals surface area contributed by atoms with Gasteiger partial charge in [0.15, 0.2) is 0 Å². The Balaban J connectivity index is 2.05. The molecule has 0 fully saturated rings. The Labute approximate surface area is 136 Å². The van der Waals surface area contributed by atoms with Gasteiger partial charge in [0.1, 0.15) is 6.54 Å². The average molecular weight is 362 g/mol. The minimum Gasteiger partial charge on any atom is -0.306 e. The van der Waals surface area contributed by atoms with Gasteiger partial charge in [0.25, 0.3) is 11.5 Å². The topological polar surface area (TPSA) is 63.5 Å². The first kappa shape index (κ1) is 16.2. The van der Waals surface area contributed by atoms with Crippen molar-refractivity contribution < 1.29 is 4.79 Å². The van der Waals surface area contributed by atoms with Crippen LogP contribution in [0.5, 0.6) is 0 Å². The van der Waals surface area contributed by atoms with Gasteiger partial charge in [-0.1, -0.05) is 41.1 Å². The van der Waals surface area contributed by atoms with Crippen LogP contribution in [0.2, 0.25) is 0 Å². The number of hydrogen-bond donors (Lipinski definition) is 1. The fraction of sp³-hybridized carbons (Fsp3) is 0.188. The number of benzene rings is 1. The lowest BCUT2D eigenvalue weighted by Crippen LogP contribution is -2.29. The molecule has 0 atom stereocenters. The zero-order valence-corrected chi connectivity index (χ0v) is 13.7. The third-order valence-corrected chi connectivity index (χ3v) is 3.57. The summed E-state index contributed by atoms with van der Waals surface area (Å²) >= 11 is 3.38. The summed E-state index contributed by atoms with van der Waals surface area (Å²) in [5.41, 5.74) is 4.01. The molecule has 5 nitrogen and oxygen atoms in total. The predicted molar refractivity (Wildman–Crippen MR) is 89.8 cm³/mol. The number of pyridine rings is 1. The van der Waals surface area contributed by atoms with E-state index in [1.807, 2.05) is 31.2 Å². The van der Waals surface area contributed by atoms with Crippen LogP contribution in [0.25, 0.3) is 0 Å². The smallest absolute Gasteiger partial charge is 0.260 e. The van der Waals surface area contributed by atoms with Crippen LogP contribution in [-0.2, 0) is 11.3 Å². The summed E-state index contributed by atoms with van der Waals surface area (Å²) in [5, 5.41) is 4.15. The van der Waals surface area contributed by atoms with Gasteiger partial charge in [-0.25, -0.2) is 5.43 Å². The molecular formula is C16H16BrN3O2. The minimum absolute atomic E-state index is 0.0551. The van der Waals surface area contributed by atoms with E-state index in [2.05, 4.69) is 26.5 Å². The number of carbonyl (C=O) groups is 1. The molecule has 0 saturated heterocycles. The van der Waals surface area contributed by atoms with Crippen LogP contribution in [0.1, 0.15) is 18.9 Å². The summed E-state index contributed by atoms with van der Waals surface area (Å²) in [7, 11) is 0. The zero-order valence-electron chi connectivity index (χ0n) is 12.1. The van der Waals surface area contributed by atoms with Crippen LogP contribution in [0.15, 0.2) is 63.0 Å². The van der Waals surface area contributed by atoms with Crippen LogP contribution >= 0.6 is 15.9 Å². The van der Waals surface area contributed by atoms with E-state index < -0.39 is 0 Å². The molecule has 1 aromatic carbocycles. The zero-order chi connectivity index (χ0) is 15.9. The van der Waals surface area contributed by atoms with Crippen molar-refractivity contribution in [2.24, 2.45) is 5.10 Å². The number of hydrogen-bond acceptors (Lipinski definition) is 3. The molecule has 0 radical (unpaired) electrons. The molecule has 2 rings (SSSR count). The van der Waals surface area contributed by atoms with Gasteiger partial charge in [0, 0.05) is 16.7 Å². The molecule has 1 N–H and O–H groups in total. The quantitative estimate of drug-likeness (QED) is 0.656. The van der Waals surface area contributed by atoms with E-state index in [-0.39, 0.29) is 18.0 Å². The van der Waals surface area contributed by atoms with Gasteiger partial charge in [0.2, 0.25) is 0 Å². The van der Waals surface area contributed by atoms with Crippen molar-refractivity contribution in [3.8, 4) is 0 Å². The van der Waals surface area contributed by atoms with E-state index in [0.29, 0.717) is 6.42 Å². The van der Waals surface area contributed by atoms with E-state index in [1.54, 1.807) is 18.3 Å². The summed E-state index contributed by atoms with van der Waals surface area (Å²) in [6, 6.07) is 12.5. The first-order valence-corrected chi connectivity index (χ1v) is 7.66. The molecule has 1 amide bonds. The fourth-order valence-electron chi connectivity index (χ4n) is 1.90. The first-order valence-electron chi connectivity index (χ1n) is 6.87. The van der Waals surface area contributed by atoms with Gasteiger partial charge in [-0.15, -0.1) is 0 Å². The van der Waals surface area contributed by atoms with E-state index >= 15 is 0 Å². The third kappa shape index (κ3) is 4.39. The molecule has 0 unspecified atom stereocenters. The Hall–Kier alpha value is -2.21. The highest BCUT2D eigenvalue weighted by atomic mass is 79.9. The number of nitrogens with one attached hydrogen (secondary N) is 1. The Morgan fingerprint density at radius 1 is 1.23 bits per heavy atom. The molecule has 0 aliphatic rings. The normalized spacial score (nSPS) is 11.3. The number of hydrazone groups is 1. The lowest BCUT2D eigenvalue weighted by molar-refractivity contribution is -0.121. The van der Waals surface area contributed by atoms with Crippen molar-refractivity contribution in [3.05, 3.63) is 69.1 Å². The van der Waals surface area contributed by atoms with Crippen LogP contribution in [-0.4, -0.2) is 16.2 Å². The maximum atomic E-state index is 11.9. The second-order valence-electron chi connectivity index (χ2n) is 4.62. The summed E-state index contributed by atoms with van der Waals surface area (Å²) in [6.45, 7) is 1.91. The van der Waals surface area contributed by atoms with Crippen molar-refractivity contribution in [2.45, 2.75) is 19.9 Å². The SMILES string of the molecule is CC/C(=N/NC(=O)Cn1ccccc1=O)c1ccc(Br)cc1. The predicted octanol–water partition coefficient (Wildman–Crippen LogP) is 2.54. The van der Waals surface area contributed by atoms with Crippen LogP contribution in [0.4, 0.5) is 0 Å². The van der Waals surface area contributed by atoms with Crippen molar-refractivity contribution in [3.63, 3.8) is 0 Å². The molecule has 6 heteroatoms. The Morgan fingerprint density at radius 3 is 2.59 bits per heavy atom.